The third-order valence-electron chi connectivity index (χ3n) is 6.75. The van der Waals surface area contributed by atoms with Gasteiger partial charge < -0.3 is 4.42 Å². The van der Waals surface area contributed by atoms with E-state index in [9.17, 15) is 0 Å². The Morgan fingerprint density at radius 3 is 1.94 bits per heavy atom. The lowest BCUT2D eigenvalue weighted by molar-refractivity contribution is 0.668. The summed E-state index contributed by atoms with van der Waals surface area (Å²) in [6.45, 7) is 9.05. The van der Waals surface area contributed by atoms with E-state index in [1.165, 1.54) is 16.8 Å². The van der Waals surface area contributed by atoms with Crippen molar-refractivity contribution < 1.29 is 4.42 Å². The van der Waals surface area contributed by atoms with E-state index in [4.69, 9.17) is 4.42 Å². The minimum Gasteiger partial charge on any atom is -0.456 e. The minimum atomic E-state index is 0.406. The van der Waals surface area contributed by atoms with Gasteiger partial charge in [-0.15, -0.1) is 0 Å². The quantitative estimate of drug-likeness (QED) is 0.249. The van der Waals surface area contributed by atoms with Crippen LogP contribution < -0.4 is 9.15 Å². The zero-order chi connectivity index (χ0) is 23.4. The fraction of sp³-hybridized carbons (Fsp3) is 0.194. The van der Waals surface area contributed by atoms with Gasteiger partial charge in [0.2, 0.25) is 11.4 Å². The van der Waals surface area contributed by atoms with Gasteiger partial charge in [0.15, 0.2) is 0 Å². The maximum absolute atomic E-state index is 6.19. The Morgan fingerprint density at radius 2 is 1.24 bits per heavy atom. The van der Waals surface area contributed by atoms with Crippen LogP contribution in [0.5, 0.6) is 0 Å². The topological polar surface area (TPSA) is 19.2 Å². The molecular weight excluding hydrogens is 416 g/mol. The van der Waals surface area contributed by atoms with Crippen molar-refractivity contribution in [3.63, 3.8) is 0 Å². The van der Waals surface area contributed by atoms with Gasteiger partial charge in [0, 0.05) is 40.1 Å². The van der Waals surface area contributed by atoms with Gasteiger partial charge in [-0.05, 0) is 33.1 Å². The molecule has 4 aromatic carbocycles. The van der Waals surface area contributed by atoms with Gasteiger partial charge in [-0.2, -0.15) is 0 Å². The zero-order valence-corrected chi connectivity index (χ0v) is 20.0. The molecule has 34 heavy (non-hydrogen) atoms. The number of hydrogen-bond acceptors (Lipinski definition) is 1. The van der Waals surface area contributed by atoms with Crippen LogP contribution in [0.4, 0.5) is 22.7 Å². The van der Waals surface area contributed by atoms with Gasteiger partial charge in [-0.25, -0.2) is 0 Å². The Kier molecular flexibility index (Phi) is 4.76. The Bertz CT molecular complexity index is 1620. The molecule has 0 amide bonds. The molecule has 0 radical (unpaired) electrons. The second kappa shape index (κ2) is 7.83. The number of furan rings is 1. The lowest BCUT2D eigenvalue weighted by Crippen LogP contribution is -2.09. The highest BCUT2D eigenvalue weighted by Crippen LogP contribution is 2.42. The molecular formula is C31H28N2O+2. The first-order chi connectivity index (χ1) is 16.5. The fourth-order valence-electron chi connectivity index (χ4n) is 5.04. The molecule has 5 aromatic rings. The molecule has 2 heterocycles. The van der Waals surface area contributed by atoms with Crippen molar-refractivity contribution in [2.24, 2.45) is 0 Å². The predicted molar refractivity (Wildman–Crippen MR) is 143 cm³/mol. The molecule has 3 heteroatoms. The van der Waals surface area contributed by atoms with Crippen molar-refractivity contribution in [1.29, 1.82) is 0 Å². The molecule has 0 bridgehead atoms. The van der Waals surface area contributed by atoms with E-state index in [2.05, 4.69) is 116 Å². The van der Waals surface area contributed by atoms with Crippen LogP contribution >= 0.6 is 0 Å². The fourth-order valence-corrected chi connectivity index (χ4v) is 5.04. The van der Waals surface area contributed by atoms with Crippen LogP contribution in [0, 0.1) is 0 Å². The van der Waals surface area contributed by atoms with Crippen LogP contribution in [-0.4, -0.2) is 6.01 Å². The Balaban J connectivity index is 1.63. The van der Waals surface area contributed by atoms with Crippen LogP contribution in [0.1, 0.15) is 50.7 Å². The first-order valence-corrected chi connectivity index (χ1v) is 12.0. The average molecular weight is 445 g/mol. The molecule has 0 fully saturated rings. The molecule has 1 aliphatic heterocycles. The van der Waals surface area contributed by atoms with Crippen LogP contribution in [0.3, 0.4) is 0 Å². The molecule has 1 aliphatic rings. The number of nitrogens with zero attached hydrogens (tertiary/aromatic N) is 2. The Hall–Kier alpha value is -3.94. The van der Waals surface area contributed by atoms with E-state index in [0.717, 1.165) is 39.0 Å². The van der Waals surface area contributed by atoms with Gasteiger partial charge in [0.05, 0.1) is 6.07 Å². The zero-order valence-electron chi connectivity index (χ0n) is 20.0. The van der Waals surface area contributed by atoms with Gasteiger partial charge in [-0.3, -0.25) is 0 Å². The predicted octanol–water partition coefficient (Wildman–Crippen LogP) is 8.69. The summed E-state index contributed by atoms with van der Waals surface area (Å²) < 4.78 is 10.6. The summed E-state index contributed by atoms with van der Waals surface area (Å²) in [6.07, 6.45) is 0. The molecule has 0 saturated carbocycles. The normalized spacial score (nSPS) is 13.1. The van der Waals surface area contributed by atoms with E-state index in [1.807, 2.05) is 12.1 Å². The van der Waals surface area contributed by atoms with Crippen molar-refractivity contribution in [1.82, 2.24) is 9.15 Å². The first kappa shape index (κ1) is 20.7. The molecule has 3 nitrogen and oxygen atoms in total. The van der Waals surface area contributed by atoms with Crippen molar-refractivity contribution in [2.75, 3.05) is 0 Å². The van der Waals surface area contributed by atoms with Crippen molar-refractivity contribution in [2.45, 2.75) is 39.5 Å². The van der Waals surface area contributed by atoms with Crippen molar-refractivity contribution in [3.8, 4) is 0 Å². The summed E-state index contributed by atoms with van der Waals surface area (Å²) in [5.74, 6) is 0.812. The summed E-state index contributed by atoms with van der Waals surface area (Å²) >= 11 is 0. The van der Waals surface area contributed by atoms with Crippen molar-refractivity contribution >= 4 is 50.7 Å². The maximum Gasteiger partial charge on any atom is 0.503 e. The first-order valence-electron chi connectivity index (χ1n) is 12.0. The van der Waals surface area contributed by atoms with Crippen LogP contribution in [-0.2, 0) is 0 Å². The molecule has 166 valence electrons. The van der Waals surface area contributed by atoms with E-state index >= 15 is 0 Å². The van der Waals surface area contributed by atoms with E-state index < -0.39 is 0 Å². The van der Waals surface area contributed by atoms with Gasteiger partial charge >= 0.3 is 6.01 Å². The second-order valence-electron chi connectivity index (χ2n) is 9.63. The molecule has 0 N–H and O–H groups in total. The third kappa shape index (κ3) is 3.13. The summed E-state index contributed by atoms with van der Waals surface area (Å²) in [5.41, 5.74) is 9.02. The highest BCUT2D eigenvalue weighted by molar-refractivity contribution is 6.05. The molecule has 6 rings (SSSR count). The number of fused-ring (bicyclic) bond motifs is 4. The number of rotatable bonds is 4. The highest BCUT2D eigenvalue weighted by Gasteiger charge is 2.39. The Labute approximate surface area is 199 Å². The minimum absolute atomic E-state index is 0.406. The lowest BCUT2D eigenvalue weighted by atomic mass is 9.92. The van der Waals surface area contributed by atoms with E-state index in [0.29, 0.717) is 11.8 Å². The molecule has 0 unspecified atom stereocenters. The average Bonchev–Trinajstić information content (AvgIpc) is 3.41. The number of benzene rings is 4. The monoisotopic (exact) mass is 444 g/mol. The van der Waals surface area contributed by atoms with Crippen LogP contribution in [0.15, 0.2) is 89.3 Å². The summed E-state index contributed by atoms with van der Waals surface area (Å²) in [4.78, 5) is 0. The Morgan fingerprint density at radius 1 is 0.618 bits per heavy atom. The molecule has 0 spiro atoms. The van der Waals surface area contributed by atoms with Gasteiger partial charge in [0.25, 0.3) is 11.4 Å². The molecule has 0 saturated heterocycles. The summed E-state index contributed by atoms with van der Waals surface area (Å²) in [7, 11) is 0. The molecule has 1 aromatic heterocycles. The number of para-hydroxylation sites is 4. The lowest BCUT2D eigenvalue weighted by Gasteiger charge is -2.13. The third-order valence-corrected chi connectivity index (χ3v) is 6.75. The summed E-state index contributed by atoms with van der Waals surface area (Å²) in [5, 5.41) is 2.28. The second-order valence-corrected chi connectivity index (χ2v) is 9.63. The molecule has 0 aliphatic carbocycles. The van der Waals surface area contributed by atoms with Crippen molar-refractivity contribution in [3.05, 3.63) is 96.1 Å². The molecule has 0 atom stereocenters. The van der Waals surface area contributed by atoms with E-state index in [1.54, 1.807) is 0 Å². The maximum atomic E-state index is 6.19. The van der Waals surface area contributed by atoms with E-state index in [-0.39, 0.29) is 0 Å². The van der Waals surface area contributed by atoms with Crippen LogP contribution in [0.25, 0.3) is 21.9 Å². The summed E-state index contributed by atoms with van der Waals surface area (Å²) in [6, 6.07) is 33.6. The standard InChI is InChI=1S/C31H28N2O/c1-20(2)23-11-9-12-24(21(3)4)31(23)33-19-32(27-13-6-7-14-28(27)33)22-16-17-26-25-10-5-8-15-29(25)34-30(26)18-22/h5-18,20-21H,1-4H3/q+2. The SMILES string of the molecule is CC(C)c1cccc(C(C)C)c1[N+]1=C=[N+](c2ccc3c(c2)oc2ccccc23)c2ccccc21. The largest absolute Gasteiger partial charge is 0.503 e. The van der Waals surface area contributed by atoms with Gasteiger partial charge in [0.1, 0.15) is 11.2 Å². The smallest absolute Gasteiger partial charge is 0.456 e. The number of hydrogen-bond donors (Lipinski definition) is 0. The van der Waals surface area contributed by atoms with Crippen LogP contribution in [0.2, 0.25) is 0 Å². The highest BCUT2D eigenvalue weighted by atomic mass is 16.3. The van der Waals surface area contributed by atoms with Gasteiger partial charge in [-0.1, -0.05) is 76.2 Å².